The maximum atomic E-state index is 13.7. The summed E-state index contributed by atoms with van der Waals surface area (Å²) in [5, 5.41) is 2.94. The predicted octanol–water partition coefficient (Wildman–Crippen LogP) is 3.16. The average molecular weight is 249 g/mol. The molecule has 2 aromatic rings. The highest BCUT2D eigenvalue weighted by Crippen LogP contribution is 2.25. The van der Waals surface area contributed by atoms with Crippen molar-refractivity contribution < 1.29 is 8.78 Å². The number of rotatable bonds is 3. The minimum atomic E-state index is -0.887. The normalized spacial score (nSPS) is 10.4. The number of aromatic nitrogens is 2. The van der Waals surface area contributed by atoms with Crippen molar-refractivity contribution in [3.05, 3.63) is 41.6 Å². The van der Waals surface area contributed by atoms with Gasteiger partial charge in [0.05, 0.1) is 5.69 Å². The number of benzene rings is 1. The largest absolute Gasteiger partial charge is 0.354 e. The van der Waals surface area contributed by atoms with Crippen LogP contribution in [0.15, 0.2) is 24.4 Å². The Labute approximate surface area is 104 Å². The summed E-state index contributed by atoms with van der Waals surface area (Å²) in [5.74, 6) is -1.36. The van der Waals surface area contributed by atoms with Gasteiger partial charge < -0.3 is 5.32 Å². The standard InChI is InChI=1S/C13H13F2N3/c1-3-16-13-17-7-8(2)12(18-13)9-5-4-6-10(14)11(9)15/h4-7H,3H2,1-2H3,(H,16,17,18). The predicted molar refractivity (Wildman–Crippen MR) is 66.3 cm³/mol. The summed E-state index contributed by atoms with van der Waals surface area (Å²) in [4.78, 5) is 8.27. The van der Waals surface area contributed by atoms with Gasteiger partial charge >= 0.3 is 0 Å². The number of halogens is 2. The summed E-state index contributed by atoms with van der Waals surface area (Å²) in [5.41, 5.74) is 1.24. The van der Waals surface area contributed by atoms with E-state index in [1.54, 1.807) is 13.1 Å². The Hall–Kier alpha value is -2.04. The van der Waals surface area contributed by atoms with Crippen LogP contribution >= 0.6 is 0 Å². The van der Waals surface area contributed by atoms with Gasteiger partial charge in [0, 0.05) is 18.3 Å². The summed E-state index contributed by atoms with van der Waals surface area (Å²) in [6.45, 7) is 4.33. The fourth-order valence-corrected chi connectivity index (χ4v) is 1.64. The van der Waals surface area contributed by atoms with Crippen LogP contribution in [0.3, 0.4) is 0 Å². The molecule has 1 aromatic carbocycles. The van der Waals surface area contributed by atoms with Crippen LogP contribution in [0.25, 0.3) is 11.3 Å². The highest BCUT2D eigenvalue weighted by atomic mass is 19.2. The van der Waals surface area contributed by atoms with Gasteiger partial charge in [-0.25, -0.2) is 18.7 Å². The van der Waals surface area contributed by atoms with Crippen LogP contribution in [-0.2, 0) is 0 Å². The zero-order valence-electron chi connectivity index (χ0n) is 10.2. The van der Waals surface area contributed by atoms with Crippen LogP contribution in [0.1, 0.15) is 12.5 Å². The van der Waals surface area contributed by atoms with Gasteiger partial charge in [0.15, 0.2) is 11.6 Å². The van der Waals surface area contributed by atoms with Crippen molar-refractivity contribution in [1.29, 1.82) is 0 Å². The molecule has 1 N–H and O–H groups in total. The van der Waals surface area contributed by atoms with Gasteiger partial charge in [0.25, 0.3) is 0 Å². The summed E-state index contributed by atoms with van der Waals surface area (Å²) < 4.78 is 26.9. The van der Waals surface area contributed by atoms with E-state index in [9.17, 15) is 8.78 Å². The third-order valence-electron chi connectivity index (χ3n) is 2.51. The second-order valence-corrected chi connectivity index (χ2v) is 3.86. The molecule has 0 bridgehead atoms. The molecule has 2 rings (SSSR count). The third kappa shape index (κ3) is 2.30. The number of aryl methyl sites for hydroxylation is 1. The minimum absolute atomic E-state index is 0.147. The number of hydrogen-bond donors (Lipinski definition) is 1. The summed E-state index contributed by atoms with van der Waals surface area (Å²) >= 11 is 0. The summed E-state index contributed by atoms with van der Waals surface area (Å²) in [6, 6.07) is 4.05. The van der Waals surface area contributed by atoms with Crippen LogP contribution < -0.4 is 5.32 Å². The molecule has 3 nitrogen and oxygen atoms in total. The van der Waals surface area contributed by atoms with Crippen LogP contribution in [0.5, 0.6) is 0 Å². The second-order valence-electron chi connectivity index (χ2n) is 3.86. The van der Waals surface area contributed by atoms with Crippen molar-refractivity contribution in [2.45, 2.75) is 13.8 Å². The average Bonchev–Trinajstić information content (AvgIpc) is 2.36. The molecule has 0 spiro atoms. The minimum Gasteiger partial charge on any atom is -0.354 e. The van der Waals surface area contributed by atoms with Crippen LogP contribution in [0, 0.1) is 18.6 Å². The highest BCUT2D eigenvalue weighted by Gasteiger charge is 2.13. The van der Waals surface area contributed by atoms with E-state index in [2.05, 4.69) is 15.3 Å². The Balaban J connectivity index is 2.55. The monoisotopic (exact) mass is 249 g/mol. The quantitative estimate of drug-likeness (QED) is 0.908. The summed E-state index contributed by atoms with van der Waals surface area (Å²) in [7, 11) is 0. The van der Waals surface area contributed by atoms with Gasteiger partial charge in [-0.1, -0.05) is 6.07 Å². The Morgan fingerprint density at radius 1 is 1.28 bits per heavy atom. The molecule has 0 saturated carbocycles. The molecule has 1 heterocycles. The van der Waals surface area contributed by atoms with E-state index >= 15 is 0 Å². The lowest BCUT2D eigenvalue weighted by Gasteiger charge is -2.09. The molecule has 0 aliphatic rings. The van der Waals surface area contributed by atoms with E-state index in [1.807, 2.05) is 6.92 Å². The lowest BCUT2D eigenvalue weighted by molar-refractivity contribution is 0.511. The van der Waals surface area contributed by atoms with Gasteiger partial charge in [0.2, 0.25) is 5.95 Å². The lowest BCUT2D eigenvalue weighted by atomic mass is 10.1. The van der Waals surface area contributed by atoms with Crippen LogP contribution in [0.2, 0.25) is 0 Å². The van der Waals surface area contributed by atoms with E-state index in [-0.39, 0.29) is 5.56 Å². The van der Waals surface area contributed by atoms with Crippen molar-refractivity contribution in [2.75, 3.05) is 11.9 Å². The maximum absolute atomic E-state index is 13.7. The lowest BCUT2D eigenvalue weighted by Crippen LogP contribution is -2.04. The van der Waals surface area contributed by atoms with Crippen LogP contribution in [0.4, 0.5) is 14.7 Å². The molecule has 0 aliphatic heterocycles. The molecule has 0 saturated heterocycles. The number of anilines is 1. The SMILES string of the molecule is CCNc1ncc(C)c(-c2cccc(F)c2F)n1. The van der Waals surface area contributed by atoms with Crippen molar-refractivity contribution in [2.24, 2.45) is 0 Å². The molecule has 0 aliphatic carbocycles. The molecule has 0 fully saturated rings. The van der Waals surface area contributed by atoms with E-state index < -0.39 is 11.6 Å². The Kier molecular flexibility index (Phi) is 3.50. The van der Waals surface area contributed by atoms with Crippen molar-refractivity contribution in [3.63, 3.8) is 0 Å². The first-order chi connectivity index (χ1) is 8.63. The first kappa shape index (κ1) is 12.4. The van der Waals surface area contributed by atoms with E-state index in [0.29, 0.717) is 23.8 Å². The first-order valence-corrected chi connectivity index (χ1v) is 5.65. The van der Waals surface area contributed by atoms with E-state index in [0.717, 1.165) is 6.07 Å². The number of hydrogen-bond acceptors (Lipinski definition) is 3. The topological polar surface area (TPSA) is 37.8 Å². The molecule has 0 atom stereocenters. The molecular weight excluding hydrogens is 236 g/mol. The molecule has 0 unspecified atom stereocenters. The molecule has 1 aromatic heterocycles. The number of nitrogens with one attached hydrogen (secondary N) is 1. The molecular formula is C13H13F2N3. The van der Waals surface area contributed by atoms with Crippen LogP contribution in [-0.4, -0.2) is 16.5 Å². The third-order valence-corrected chi connectivity index (χ3v) is 2.51. The van der Waals surface area contributed by atoms with Gasteiger partial charge in [0.1, 0.15) is 0 Å². The van der Waals surface area contributed by atoms with Gasteiger partial charge in [-0.05, 0) is 31.5 Å². The zero-order chi connectivity index (χ0) is 13.1. The van der Waals surface area contributed by atoms with E-state index in [4.69, 9.17) is 0 Å². The molecule has 18 heavy (non-hydrogen) atoms. The first-order valence-electron chi connectivity index (χ1n) is 5.65. The molecule has 0 amide bonds. The van der Waals surface area contributed by atoms with Crippen molar-refractivity contribution >= 4 is 5.95 Å². The van der Waals surface area contributed by atoms with Crippen molar-refractivity contribution in [1.82, 2.24) is 9.97 Å². The second kappa shape index (κ2) is 5.08. The summed E-state index contributed by atoms with van der Waals surface area (Å²) in [6.07, 6.45) is 1.59. The Morgan fingerprint density at radius 2 is 2.06 bits per heavy atom. The number of nitrogens with zero attached hydrogens (tertiary/aromatic N) is 2. The maximum Gasteiger partial charge on any atom is 0.223 e. The molecule has 5 heteroatoms. The molecule has 94 valence electrons. The van der Waals surface area contributed by atoms with Gasteiger partial charge in [-0.2, -0.15) is 0 Å². The smallest absolute Gasteiger partial charge is 0.223 e. The van der Waals surface area contributed by atoms with E-state index in [1.165, 1.54) is 12.1 Å². The fraction of sp³-hybridized carbons (Fsp3) is 0.231. The Bertz CT molecular complexity index is 570. The van der Waals surface area contributed by atoms with Gasteiger partial charge in [-0.15, -0.1) is 0 Å². The van der Waals surface area contributed by atoms with Gasteiger partial charge in [-0.3, -0.25) is 0 Å². The zero-order valence-corrected chi connectivity index (χ0v) is 10.2. The molecule has 0 radical (unpaired) electrons. The highest BCUT2D eigenvalue weighted by molar-refractivity contribution is 5.64. The fourth-order valence-electron chi connectivity index (χ4n) is 1.64. The Morgan fingerprint density at radius 3 is 2.78 bits per heavy atom. The van der Waals surface area contributed by atoms with Crippen molar-refractivity contribution in [3.8, 4) is 11.3 Å².